The van der Waals surface area contributed by atoms with E-state index in [1.807, 2.05) is 10.6 Å². The van der Waals surface area contributed by atoms with Gasteiger partial charge in [-0.25, -0.2) is 9.97 Å². The van der Waals surface area contributed by atoms with Gasteiger partial charge in [0.05, 0.1) is 24.1 Å². The molecule has 1 amide bonds. The van der Waals surface area contributed by atoms with Crippen LogP contribution in [-0.4, -0.2) is 32.9 Å². The van der Waals surface area contributed by atoms with Crippen LogP contribution in [0.3, 0.4) is 0 Å². The first-order valence-corrected chi connectivity index (χ1v) is 7.02. The van der Waals surface area contributed by atoms with Crippen LogP contribution in [0, 0.1) is 0 Å². The van der Waals surface area contributed by atoms with Gasteiger partial charge in [-0.1, -0.05) is 0 Å². The van der Waals surface area contributed by atoms with Gasteiger partial charge in [-0.2, -0.15) is 0 Å². The molecule has 0 aromatic carbocycles. The minimum absolute atomic E-state index is 0.0860. The first-order chi connectivity index (χ1) is 9.24. The molecule has 2 N–H and O–H groups in total. The first-order valence-electron chi connectivity index (χ1n) is 6.22. The topological polar surface area (TPSA) is 71.3 Å². The molecule has 0 spiro atoms. The number of nitrogens with zero attached hydrogens (tertiary/aromatic N) is 3. The largest absolute Gasteiger partial charge is 0.355 e. The van der Waals surface area contributed by atoms with Crippen molar-refractivity contribution in [3.8, 4) is 0 Å². The Morgan fingerprint density at radius 1 is 1.47 bits per heavy atom. The Labute approximate surface area is 118 Å². The second kappa shape index (κ2) is 5.26. The quantitative estimate of drug-likeness (QED) is 0.878. The van der Waals surface area contributed by atoms with E-state index in [1.165, 1.54) is 0 Å². The second-order valence-corrected chi connectivity index (χ2v) is 5.37. The molecule has 1 saturated heterocycles. The molecule has 19 heavy (non-hydrogen) atoms. The summed E-state index contributed by atoms with van der Waals surface area (Å²) in [6, 6.07) is -0.107. The number of carbonyl (C=O) groups is 1. The molecule has 3 heterocycles. The highest BCUT2D eigenvalue weighted by atomic mass is 79.9. The molecular formula is C12H14BrN5O. The van der Waals surface area contributed by atoms with Crippen LogP contribution in [0.4, 0.5) is 0 Å². The number of rotatable bonds is 3. The molecule has 2 aromatic heterocycles. The molecule has 100 valence electrons. The predicted molar refractivity (Wildman–Crippen MR) is 73.6 cm³/mol. The van der Waals surface area contributed by atoms with Gasteiger partial charge in [0.2, 0.25) is 5.91 Å². The molecule has 1 atom stereocenters. The highest BCUT2D eigenvalue weighted by Crippen LogP contribution is 2.11. The van der Waals surface area contributed by atoms with Gasteiger partial charge in [-0.3, -0.25) is 9.20 Å². The summed E-state index contributed by atoms with van der Waals surface area (Å²) < 4.78 is 2.72. The molecule has 3 rings (SSSR count). The summed E-state index contributed by atoms with van der Waals surface area (Å²) in [4.78, 5) is 20.1. The number of piperidine rings is 1. The number of hydrogen-bond acceptors (Lipinski definition) is 4. The van der Waals surface area contributed by atoms with Gasteiger partial charge in [-0.15, -0.1) is 0 Å². The third-order valence-corrected chi connectivity index (χ3v) is 3.67. The third kappa shape index (κ3) is 2.62. The third-order valence-electron chi connectivity index (χ3n) is 3.26. The van der Waals surface area contributed by atoms with Gasteiger partial charge in [0.25, 0.3) is 0 Å². The lowest BCUT2D eigenvalue weighted by atomic mass is 10.1. The van der Waals surface area contributed by atoms with Gasteiger partial charge in [0, 0.05) is 19.3 Å². The average molecular weight is 324 g/mol. The summed E-state index contributed by atoms with van der Waals surface area (Å²) in [5, 5.41) is 6.14. The van der Waals surface area contributed by atoms with E-state index in [9.17, 15) is 4.79 Å². The fraction of sp³-hybridized carbons (Fsp3) is 0.417. The lowest BCUT2D eigenvalue weighted by molar-refractivity contribution is -0.124. The van der Waals surface area contributed by atoms with Crippen molar-refractivity contribution in [3.05, 3.63) is 28.9 Å². The fourth-order valence-electron chi connectivity index (χ4n) is 2.24. The number of halogens is 1. The van der Waals surface area contributed by atoms with E-state index < -0.39 is 0 Å². The number of amides is 1. The smallest absolute Gasteiger partial charge is 0.237 e. The van der Waals surface area contributed by atoms with Gasteiger partial charge in [0.1, 0.15) is 4.60 Å². The number of fused-ring (bicyclic) bond motifs is 1. The van der Waals surface area contributed by atoms with Crippen LogP contribution >= 0.6 is 15.9 Å². The molecular weight excluding hydrogens is 310 g/mol. The van der Waals surface area contributed by atoms with Crippen molar-refractivity contribution in [2.45, 2.75) is 25.4 Å². The highest BCUT2D eigenvalue weighted by molar-refractivity contribution is 9.10. The van der Waals surface area contributed by atoms with Crippen molar-refractivity contribution in [3.63, 3.8) is 0 Å². The molecule has 0 saturated carbocycles. The monoisotopic (exact) mass is 323 g/mol. The van der Waals surface area contributed by atoms with Gasteiger partial charge < -0.3 is 10.6 Å². The zero-order valence-electron chi connectivity index (χ0n) is 10.3. The Balaban J connectivity index is 1.74. The van der Waals surface area contributed by atoms with Crippen molar-refractivity contribution in [2.75, 3.05) is 6.54 Å². The average Bonchev–Trinajstić information content (AvgIpc) is 2.80. The molecule has 6 nitrogen and oxygen atoms in total. The first kappa shape index (κ1) is 12.6. The SMILES string of the molecule is O=C1NCCCC1NCc1cnc2cnc(Br)cn12. The van der Waals surface area contributed by atoms with Crippen molar-refractivity contribution in [2.24, 2.45) is 0 Å². The fourth-order valence-corrected chi connectivity index (χ4v) is 2.55. The number of carbonyl (C=O) groups excluding carboxylic acids is 1. The maximum absolute atomic E-state index is 11.7. The van der Waals surface area contributed by atoms with E-state index >= 15 is 0 Å². The molecule has 7 heteroatoms. The Kier molecular flexibility index (Phi) is 3.48. The minimum Gasteiger partial charge on any atom is -0.355 e. The summed E-state index contributed by atoms with van der Waals surface area (Å²) >= 11 is 3.34. The van der Waals surface area contributed by atoms with Crippen LogP contribution in [0.1, 0.15) is 18.5 Å². The van der Waals surface area contributed by atoms with E-state index in [4.69, 9.17) is 0 Å². The maximum atomic E-state index is 11.7. The number of nitrogens with one attached hydrogen (secondary N) is 2. The van der Waals surface area contributed by atoms with E-state index in [0.717, 1.165) is 35.3 Å². The zero-order chi connectivity index (χ0) is 13.2. The molecule has 1 unspecified atom stereocenters. The normalized spacial score (nSPS) is 19.6. The highest BCUT2D eigenvalue weighted by Gasteiger charge is 2.21. The van der Waals surface area contributed by atoms with E-state index in [2.05, 4.69) is 36.5 Å². The van der Waals surface area contributed by atoms with Gasteiger partial charge >= 0.3 is 0 Å². The second-order valence-electron chi connectivity index (χ2n) is 4.55. The number of imidazole rings is 1. The van der Waals surface area contributed by atoms with Crippen LogP contribution in [0.5, 0.6) is 0 Å². The standard InChI is InChI=1S/C12H14BrN5O/c13-10-7-18-8(5-17-11(18)6-16-10)4-15-9-2-1-3-14-12(9)19/h5-7,9,15H,1-4H2,(H,14,19). The van der Waals surface area contributed by atoms with Crippen molar-refractivity contribution < 1.29 is 4.79 Å². The van der Waals surface area contributed by atoms with E-state index in [-0.39, 0.29) is 11.9 Å². The Morgan fingerprint density at radius 3 is 3.21 bits per heavy atom. The van der Waals surface area contributed by atoms with E-state index in [1.54, 1.807) is 12.4 Å². The minimum atomic E-state index is -0.107. The Morgan fingerprint density at radius 2 is 2.37 bits per heavy atom. The predicted octanol–water partition coefficient (Wildman–Crippen LogP) is 0.860. The van der Waals surface area contributed by atoms with Crippen molar-refractivity contribution >= 4 is 27.5 Å². The summed E-state index contributed by atoms with van der Waals surface area (Å²) in [6.45, 7) is 1.39. The Bertz CT molecular complexity index is 611. The van der Waals surface area contributed by atoms with Crippen LogP contribution in [-0.2, 0) is 11.3 Å². The molecule has 1 fully saturated rings. The molecule has 0 bridgehead atoms. The summed E-state index contributed by atoms with van der Waals surface area (Å²) in [5.74, 6) is 0.0860. The van der Waals surface area contributed by atoms with Crippen LogP contribution < -0.4 is 10.6 Å². The number of hydrogen-bond donors (Lipinski definition) is 2. The van der Waals surface area contributed by atoms with Crippen molar-refractivity contribution in [1.82, 2.24) is 25.0 Å². The molecule has 0 aliphatic carbocycles. The van der Waals surface area contributed by atoms with E-state index in [0.29, 0.717) is 6.54 Å². The zero-order valence-corrected chi connectivity index (χ0v) is 11.9. The van der Waals surface area contributed by atoms with Gasteiger partial charge in [-0.05, 0) is 28.8 Å². The molecule has 2 aromatic rings. The van der Waals surface area contributed by atoms with Crippen LogP contribution in [0.15, 0.2) is 23.2 Å². The lowest BCUT2D eigenvalue weighted by Crippen LogP contribution is -2.48. The molecule has 1 aliphatic rings. The summed E-state index contributed by atoms with van der Waals surface area (Å²) in [5.41, 5.74) is 1.81. The Hall–Kier alpha value is -1.47. The van der Waals surface area contributed by atoms with Crippen LogP contribution in [0.2, 0.25) is 0 Å². The number of aromatic nitrogens is 3. The summed E-state index contributed by atoms with van der Waals surface area (Å²) in [7, 11) is 0. The lowest BCUT2D eigenvalue weighted by Gasteiger charge is -2.22. The van der Waals surface area contributed by atoms with Crippen molar-refractivity contribution in [1.29, 1.82) is 0 Å². The summed E-state index contributed by atoms with van der Waals surface area (Å²) in [6.07, 6.45) is 7.29. The van der Waals surface area contributed by atoms with Gasteiger partial charge in [0.15, 0.2) is 5.65 Å². The van der Waals surface area contributed by atoms with Crippen LogP contribution in [0.25, 0.3) is 5.65 Å². The maximum Gasteiger partial charge on any atom is 0.237 e. The molecule has 1 aliphatic heterocycles. The molecule has 0 radical (unpaired) electrons.